The number of hydrogen-bond acceptors (Lipinski definition) is 6. The zero-order valence-electron chi connectivity index (χ0n) is 20.2. The van der Waals surface area contributed by atoms with E-state index in [2.05, 4.69) is 47.3 Å². The summed E-state index contributed by atoms with van der Waals surface area (Å²) < 4.78 is 14.3. The number of nitrogens with zero attached hydrogens (tertiary/aromatic N) is 3. The molecule has 0 unspecified atom stereocenters. The molecule has 3 aromatic carbocycles. The molecule has 0 aliphatic rings. The Morgan fingerprint density at radius 3 is 2.54 bits per heavy atom. The highest BCUT2D eigenvalue weighted by Gasteiger charge is 2.14. The molecule has 0 spiro atoms. The third-order valence-electron chi connectivity index (χ3n) is 5.28. The fraction of sp³-hybridized carbons (Fsp3) is 0.185. The summed E-state index contributed by atoms with van der Waals surface area (Å²) in [7, 11) is 0. The molecule has 4 rings (SSSR count). The van der Waals surface area contributed by atoms with Crippen LogP contribution >= 0.6 is 31.9 Å². The summed E-state index contributed by atoms with van der Waals surface area (Å²) in [5.74, 6) is 1.10. The van der Waals surface area contributed by atoms with Gasteiger partial charge >= 0.3 is 0 Å². The Bertz CT molecular complexity index is 1520. The summed E-state index contributed by atoms with van der Waals surface area (Å²) in [6.07, 6.45) is 2.09. The van der Waals surface area contributed by atoms with E-state index in [9.17, 15) is 9.59 Å². The van der Waals surface area contributed by atoms with Crippen LogP contribution in [0.3, 0.4) is 0 Å². The first-order chi connectivity index (χ1) is 17.9. The summed E-state index contributed by atoms with van der Waals surface area (Å²) in [6, 6.07) is 18.0. The van der Waals surface area contributed by atoms with Crippen LogP contribution in [0.15, 0.2) is 79.5 Å². The van der Waals surface area contributed by atoms with Crippen molar-refractivity contribution in [3.05, 3.63) is 91.4 Å². The van der Waals surface area contributed by atoms with Gasteiger partial charge in [0.05, 0.1) is 23.7 Å². The van der Waals surface area contributed by atoms with Crippen molar-refractivity contribution in [3.63, 3.8) is 0 Å². The number of rotatable bonds is 9. The average Bonchev–Trinajstić information content (AvgIpc) is 2.89. The molecule has 190 valence electrons. The van der Waals surface area contributed by atoms with Gasteiger partial charge in [0.15, 0.2) is 18.1 Å². The van der Waals surface area contributed by atoms with E-state index in [1.165, 1.54) is 4.68 Å². The molecule has 1 N–H and O–H groups in total. The van der Waals surface area contributed by atoms with Crippen LogP contribution in [0.4, 0.5) is 5.69 Å². The zero-order valence-corrected chi connectivity index (χ0v) is 23.4. The molecule has 1 heterocycles. The van der Waals surface area contributed by atoms with Crippen molar-refractivity contribution in [1.82, 2.24) is 9.66 Å². The summed E-state index contributed by atoms with van der Waals surface area (Å²) >= 11 is 6.94. The SMILES string of the molecule is CCOc1cc(C=Nn2c(CC)nc3ccc(Br)cc3c2=O)c(Br)cc1OCC(=O)Nc1ccccc1. The smallest absolute Gasteiger partial charge is 0.282 e. The summed E-state index contributed by atoms with van der Waals surface area (Å²) in [4.78, 5) is 30.1. The van der Waals surface area contributed by atoms with Crippen molar-refractivity contribution < 1.29 is 14.3 Å². The van der Waals surface area contributed by atoms with Gasteiger partial charge in [0, 0.05) is 26.6 Å². The van der Waals surface area contributed by atoms with Gasteiger partial charge in [0.25, 0.3) is 11.5 Å². The highest BCUT2D eigenvalue weighted by Crippen LogP contribution is 2.33. The van der Waals surface area contributed by atoms with E-state index in [-0.39, 0.29) is 18.1 Å². The number of aromatic nitrogens is 2. The molecule has 37 heavy (non-hydrogen) atoms. The first-order valence-electron chi connectivity index (χ1n) is 11.6. The number of hydrogen-bond donors (Lipinski definition) is 1. The van der Waals surface area contributed by atoms with E-state index in [1.807, 2.05) is 38.1 Å². The van der Waals surface area contributed by atoms with Gasteiger partial charge < -0.3 is 14.8 Å². The number of carbonyl (C=O) groups excluding carboxylic acids is 1. The minimum Gasteiger partial charge on any atom is -0.490 e. The molecule has 0 saturated heterocycles. The largest absolute Gasteiger partial charge is 0.490 e. The number of anilines is 1. The second kappa shape index (κ2) is 12.2. The zero-order chi connectivity index (χ0) is 26.4. The molecule has 0 bridgehead atoms. The van der Waals surface area contributed by atoms with Gasteiger partial charge in [-0.25, -0.2) is 4.98 Å². The number of para-hydroxylation sites is 1. The lowest BCUT2D eigenvalue weighted by Gasteiger charge is -2.14. The normalized spacial score (nSPS) is 11.1. The van der Waals surface area contributed by atoms with Crippen molar-refractivity contribution in [2.24, 2.45) is 5.10 Å². The van der Waals surface area contributed by atoms with Crippen molar-refractivity contribution in [2.45, 2.75) is 20.3 Å². The highest BCUT2D eigenvalue weighted by atomic mass is 79.9. The summed E-state index contributed by atoms with van der Waals surface area (Å²) in [5.41, 5.74) is 1.71. The monoisotopic (exact) mass is 626 g/mol. The average molecular weight is 628 g/mol. The lowest BCUT2D eigenvalue weighted by Crippen LogP contribution is -2.22. The lowest BCUT2D eigenvalue weighted by molar-refractivity contribution is -0.118. The van der Waals surface area contributed by atoms with Crippen LogP contribution in [0, 0.1) is 0 Å². The predicted octanol–water partition coefficient (Wildman–Crippen LogP) is 5.78. The fourth-order valence-electron chi connectivity index (χ4n) is 3.56. The molecule has 1 aromatic heterocycles. The molecule has 0 aliphatic heterocycles. The maximum atomic E-state index is 13.2. The predicted molar refractivity (Wildman–Crippen MR) is 152 cm³/mol. The second-order valence-electron chi connectivity index (χ2n) is 7.86. The Morgan fingerprint density at radius 1 is 1.05 bits per heavy atom. The van der Waals surface area contributed by atoms with Crippen LogP contribution in [0.25, 0.3) is 10.9 Å². The molecule has 0 fully saturated rings. The first kappa shape index (κ1) is 26.6. The molecule has 4 aromatic rings. The van der Waals surface area contributed by atoms with Gasteiger partial charge in [-0.2, -0.15) is 9.78 Å². The number of amides is 1. The topological polar surface area (TPSA) is 94.8 Å². The quantitative estimate of drug-likeness (QED) is 0.237. The van der Waals surface area contributed by atoms with Gasteiger partial charge in [-0.1, -0.05) is 41.1 Å². The van der Waals surface area contributed by atoms with Gasteiger partial charge in [-0.3, -0.25) is 9.59 Å². The second-order valence-corrected chi connectivity index (χ2v) is 9.63. The molecule has 0 saturated carbocycles. The number of aryl methyl sites for hydroxylation is 1. The maximum Gasteiger partial charge on any atom is 0.282 e. The number of ether oxygens (including phenoxy) is 2. The first-order valence-corrected chi connectivity index (χ1v) is 13.2. The Balaban J connectivity index is 1.60. The van der Waals surface area contributed by atoms with Crippen LogP contribution in [0.5, 0.6) is 11.5 Å². The fourth-order valence-corrected chi connectivity index (χ4v) is 4.34. The van der Waals surface area contributed by atoms with E-state index in [4.69, 9.17) is 9.47 Å². The lowest BCUT2D eigenvalue weighted by atomic mass is 10.2. The van der Waals surface area contributed by atoms with Gasteiger partial charge in [0.2, 0.25) is 0 Å². The Hall–Kier alpha value is -3.50. The molecule has 0 aliphatic carbocycles. The third-order valence-corrected chi connectivity index (χ3v) is 6.46. The molecule has 0 radical (unpaired) electrons. The molecule has 0 atom stereocenters. The van der Waals surface area contributed by atoms with E-state index in [0.29, 0.717) is 57.0 Å². The van der Waals surface area contributed by atoms with Gasteiger partial charge in [0.1, 0.15) is 5.82 Å². The molecule has 1 amide bonds. The highest BCUT2D eigenvalue weighted by molar-refractivity contribution is 9.10. The number of nitrogens with one attached hydrogen (secondary N) is 1. The number of carbonyl (C=O) groups is 1. The Kier molecular flexibility index (Phi) is 8.73. The standard InChI is InChI=1S/C27H24Br2N4O4/c1-3-25-32-22-11-10-18(28)13-20(22)27(35)33(25)30-15-17-12-23(36-4-2)24(14-21(17)29)37-16-26(34)31-19-8-6-5-7-9-19/h5-15H,3-4,16H2,1-2H3,(H,31,34). The molecular formula is C27H24Br2N4O4. The maximum absolute atomic E-state index is 13.2. The van der Waals surface area contributed by atoms with E-state index >= 15 is 0 Å². The van der Waals surface area contributed by atoms with Crippen LogP contribution in [0.2, 0.25) is 0 Å². The molecular weight excluding hydrogens is 604 g/mol. The van der Waals surface area contributed by atoms with E-state index in [1.54, 1.807) is 42.6 Å². The Labute approximate surface area is 230 Å². The third kappa shape index (κ3) is 6.44. The van der Waals surface area contributed by atoms with Crippen molar-refractivity contribution in [3.8, 4) is 11.5 Å². The van der Waals surface area contributed by atoms with Crippen molar-refractivity contribution in [2.75, 3.05) is 18.5 Å². The number of fused-ring (bicyclic) bond motifs is 1. The van der Waals surface area contributed by atoms with Crippen LogP contribution < -0.4 is 20.3 Å². The minimum absolute atomic E-state index is 0.192. The van der Waals surface area contributed by atoms with Gasteiger partial charge in [-0.15, -0.1) is 0 Å². The van der Waals surface area contributed by atoms with E-state index in [0.717, 1.165) is 4.47 Å². The molecule has 8 nitrogen and oxygen atoms in total. The van der Waals surface area contributed by atoms with Crippen LogP contribution in [0.1, 0.15) is 25.2 Å². The van der Waals surface area contributed by atoms with Crippen molar-refractivity contribution >= 4 is 60.6 Å². The van der Waals surface area contributed by atoms with Gasteiger partial charge in [-0.05, 0) is 65.3 Å². The number of benzene rings is 3. The Morgan fingerprint density at radius 2 is 1.81 bits per heavy atom. The van der Waals surface area contributed by atoms with Crippen LogP contribution in [-0.4, -0.2) is 35.0 Å². The van der Waals surface area contributed by atoms with Crippen molar-refractivity contribution in [1.29, 1.82) is 0 Å². The summed E-state index contributed by atoms with van der Waals surface area (Å²) in [5, 5.41) is 7.70. The number of halogens is 2. The minimum atomic E-state index is -0.294. The van der Waals surface area contributed by atoms with Crippen LogP contribution in [-0.2, 0) is 11.2 Å². The molecule has 10 heteroatoms. The summed E-state index contributed by atoms with van der Waals surface area (Å²) in [6.45, 7) is 3.98. The van der Waals surface area contributed by atoms with E-state index < -0.39 is 0 Å².